The minimum atomic E-state index is -0.159. The second-order valence-electron chi connectivity index (χ2n) is 21.3. The lowest BCUT2D eigenvalue weighted by atomic mass is 9.33. The Kier molecular flexibility index (Phi) is 8.96. The van der Waals surface area contributed by atoms with Crippen LogP contribution in [0.4, 0.5) is 34.3 Å². The Morgan fingerprint density at radius 3 is 1.79 bits per heavy atom. The van der Waals surface area contributed by atoms with Gasteiger partial charge in [-0.2, -0.15) is 0 Å². The Morgan fingerprint density at radius 2 is 1.16 bits per heavy atom. The number of benzene rings is 6. The lowest BCUT2D eigenvalue weighted by Gasteiger charge is -2.44. The fourth-order valence-electron chi connectivity index (χ4n) is 9.99. The molecule has 4 heterocycles. The summed E-state index contributed by atoms with van der Waals surface area (Å²) in [7, 11) is 0. The molecule has 0 spiro atoms. The molecule has 0 atom stereocenters. The fourth-order valence-corrected chi connectivity index (χ4v) is 9.99. The topological polar surface area (TPSA) is 38.1 Å². The van der Waals surface area contributed by atoms with Crippen molar-refractivity contribution in [2.45, 2.75) is 112 Å². The summed E-state index contributed by atoms with van der Waals surface area (Å²) in [5.74, 6) is 2.67. The van der Waals surface area contributed by atoms with Crippen molar-refractivity contribution < 1.29 is 13.9 Å². The first kappa shape index (κ1) is 40.2. The van der Waals surface area contributed by atoms with Crippen molar-refractivity contribution in [1.82, 2.24) is 0 Å². The molecule has 7 aromatic rings. The fraction of sp³-hybridized carbons (Fsp3) is 0.321. The van der Waals surface area contributed by atoms with Gasteiger partial charge in [0.1, 0.15) is 5.58 Å². The van der Waals surface area contributed by atoms with Crippen LogP contribution in [0.5, 0.6) is 11.5 Å². The molecule has 0 bridgehead atoms. The number of anilines is 6. The summed E-state index contributed by atoms with van der Waals surface area (Å²) in [5, 5.41) is 1.14. The van der Waals surface area contributed by atoms with Crippen molar-refractivity contribution in [3.8, 4) is 22.6 Å². The monoisotopic (exact) mass is 818 g/mol. The highest BCUT2D eigenvalue weighted by molar-refractivity contribution is 7.01. The number of hydrogen-bond donors (Lipinski definition) is 0. The van der Waals surface area contributed by atoms with E-state index in [1.165, 1.54) is 72.3 Å². The highest BCUT2D eigenvalue weighted by atomic mass is 16.7. The number of furan rings is 1. The molecule has 0 N–H and O–H groups in total. The van der Waals surface area contributed by atoms with E-state index in [-0.39, 0.29) is 35.7 Å². The molecular weight excluding hydrogens is 759 g/mol. The zero-order chi connectivity index (χ0) is 43.8. The molecule has 0 aliphatic carbocycles. The normalized spacial score (nSPS) is 14.5. The average Bonchev–Trinajstić information content (AvgIpc) is 3.83. The van der Waals surface area contributed by atoms with Crippen LogP contribution in [0.2, 0.25) is 0 Å². The predicted octanol–water partition coefficient (Wildman–Crippen LogP) is 13.5. The van der Waals surface area contributed by atoms with Crippen LogP contribution in [0.15, 0.2) is 108 Å². The summed E-state index contributed by atoms with van der Waals surface area (Å²) in [6.07, 6.45) is 0. The summed E-state index contributed by atoms with van der Waals surface area (Å²) in [6, 6.07) is 38.9. The summed E-state index contributed by atoms with van der Waals surface area (Å²) in [5.41, 5.74) is 20.1. The van der Waals surface area contributed by atoms with Gasteiger partial charge >= 0.3 is 0 Å². The smallest absolute Gasteiger partial charge is 0.257 e. The Bertz CT molecular complexity index is 2930. The molecule has 0 fully saturated rings. The number of nitrogens with zero attached hydrogens (tertiary/aromatic N) is 2. The van der Waals surface area contributed by atoms with Gasteiger partial charge in [0.05, 0.1) is 11.4 Å². The first-order valence-electron chi connectivity index (χ1n) is 22.4. The molecule has 314 valence electrons. The van der Waals surface area contributed by atoms with E-state index in [4.69, 9.17) is 13.9 Å². The first-order chi connectivity index (χ1) is 29.3. The van der Waals surface area contributed by atoms with Crippen molar-refractivity contribution in [2.75, 3.05) is 16.6 Å². The molecule has 0 radical (unpaired) electrons. The summed E-state index contributed by atoms with van der Waals surface area (Å²) in [6.45, 7) is 29.9. The van der Waals surface area contributed by atoms with Gasteiger partial charge in [0, 0.05) is 39.5 Å². The lowest BCUT2D eigenvalue weighted by Crippen LogP contribution is -2.61. The van der Waals surface area contributed by atoms with Crippen molar-refractivity contribution in [2.24, 2.45) is 0 Å². The van der Waals surface area contributed by atoms with E-state index in [9.17, 15) is 0 Å². The standard InChI is InChI=1S/C56H59BN2O3/c1-32(2)36-25-45-51-46(26-36)59(52-33(3)23-39(24-34(52)4)56(11,12)13)53-50(41-28-38(55(8,9)10)20-22-47(41)62-53)57(51)42-29-48-49(61-31-60-48)30-44(42)58(45)43-21-19-37(54(5,6)7)27-40(43)35-17-15-14-16-18-35/h14-30,32H,31H2,1-13H3. The lowest BCUT2D eigenvalue weighted by molar-refractivity contribution is 0.174. The van der Waals surface area contributed by atoms with Gasteiger partial charge in [0.2, 0.25) is 12.7 Å². The molecule has 62 heavy (non-hydrogen) atoms. The maximum atomic E-state index is 7.28. The Morgan fingerprint density at radius 1 is 0.565 bits per heavy atom. The van der Waals surface area contributed by atoms with Gasteiger partial charge in [-0.05, 0) is 128 Å². The van der Waals surface area contributed by atoms with Gasteiger partial charge in [-0.15, -0.1) is 0 Å². The van der Waals surface area contributed by atoms with E-state index in [0.29, 0.717) is 0 Å². The zero-order valence-corrected chi connectivity index (χ0v) is 38.8. The molecule has 0 amide bonds. The summed E-state index contributed by atoms with van der Waals surface area (Å²) >= 11 is 0. The molecule has 3 aliphatic heterocycles. The SMILES string of the molecule is Cc1cc(C(C)(C)C)cc(C)c1N1c2cc(C(C)C)cc3c2B(c2cc4c(cc2N3c2ccc(C(C)(C)C)cc2-c2ccccc2)OCO4)c2c1oc1ccc(C(C)(C)C)cc21. The number of rotatable bonds is 4. The van der Waals surface area contributed by atoms with Gasteiger partial charge < -0.3 is 18.8 Å². The molecule has 0 saturated carbocycles. The molecule has 0 unspecified atom stereocenters. The van der Waals surface area contributed by atoms with Crippen LogP contribution in [0.25, 0.3) is 22.1 Å². The minimum absolute atomic E-state index is 0.000895. The Labute approximate surface area is 368 Å². The Hall–Kier alpha value is -5.88. The molecule has 6 heteroatoms. The number of ether oxygens (including phenoxy) is 2. The van der Waals surface area contributed by atoms with Crippen molar-refractivity contribution in [3.05, 3.63) is 137 Å². The van der Waals surface area contributed by atoms with E-state index >= 15 is 0 Å². The van der Waals surface area contributed by atoms with E-state index in [1.54, 1.807) is 0 Å². The van der Waals surface area contributed by atoms with Crippen molar-refractivity contribution in [3.63, 3.8) is 0 Å². The second kappa shape index (κ2) is 13.8. The van der Waals surface area contributed by atoms with Crippen LogP contribution in [0.1, 0.15) is 115 Å². The molecule has 1 aromatic heterocycles. The van der Waals surface area contributed by atoms with Gasteiger partial charge in [-0.3, -0.25) is 4.90 Å². The third-order valence-electron chi connectivity index (χ3n) is 13.5. The van der Waals surface area contributed by atoms with Crippen LogP contribution in [0.3, 0.4) is 0 Å². The quantitative estimate of drug-likeness (QED) is 0.165. The van der Waals surface area contributed by atoms with E-state index in [0.717, 1.165) is 45.4 Å². The Balaban J connectivity index is 1.37. The van der Waals surface area contributed by atoms with Crippen molar-refractivity contribution >= 4 is 68.4 Å². The number of fused-ring (bicyclic) bond motifs is 7. The van der Waals surface area contributed by atoms with Crippen LogP contribution < -0.4 is 35.7 Å². The summed E-state index contributed by atoms with van der Waals surface area (Å²) < 4.78 is 19.7. The second-order valence-corrected chi connectivity index (χ2v) is 21.3. The predicted molar refractivity (Wildman–Crippen MR) is 261 cm³/mol. The first-order valence-corrected chi connectivity index (χ1v) is 22.4. The van der Waals surface area contributed by atoms with Gasteiger partial charge in [-0.1, -0.05) is 131 Å². The molecule has 3 aliphatic rings. The molecule has 6 aromatic carbocycles. The minimum Gasteiger partial charge on any atom is -0.454 e. The molecular formula is C56H59BN2O3. The molecule has 0 saturated heterocycles. The van der Waals surface area contributed by atoms with Crippen molar-refractivity contribution in [1.29, 1.82) is 0 Å². The number of hydrogen-bond acceptors (Lipinski definition) is 5. The van der Waals surface area contributed by atoms with Gasteiger partial charge in [0.15, 0.2) is 11.5 Å². The van der Waals surface area contributed by atoms with E-state index in [1.807, 2.05) is 0 Å². The average molecular weight is 819 g/mol. The highest BCUT2D eigenvalue weighted by Gasteiger charge is 2.48. The van der Waals surface area contributed by atoms with Gasteiger partial charge in [-0.25, -0.2) is 0 Å². The number of aryl methyl sites for hydroxylation is 2. The zero-order valence-electron chi connectivity index (χ0n) is 38.8. The third-order valence-corrected chi connectivity index (χ3v) is 13.5. The molecule has 10 rings (SSSR count). The van der Waals surface area contributed by atoms with Crippen LogP contribution in [-0.4, -0.2) is 13.5 Å². The van der Waals surface area contributed by atoms with Crippen LogP contribution >= 0.6 is 0 Å². The van der Waals surface area contributed by atoms with Crippen LogP contribution in [-0.2, 0) is 16.2 Å². The maximum absolute atomic E-state index is 7.28. The van der Waals surface area contributed by atoms with Gasteiger partial charge in [0.25, 0.3) is 6.71 Å². The largest absolute Gasteiger partial charge is 0.454 e. The third kappa shape index (κ3) is 6.27. The van der Waals surface area contributed by atoms with E-state index < -0.39 is 0 Å². The maximum Gasteiger partial charge on any atom is 0.257 e. The van der Waals surface area contributed by atoms with E-state index in [2.05, 4.69) is 203 Å². The van der Waals surface area contributed by atoms with Crippen LogP contribution in [0, 0.1) is 13.8 Å². The molecule has 5 nitrogen and oxygen atoms in total. The summed E-state index contributed by atoms with van der Waals surface area (Å²) in [4.78, 5) is 5.00. The highest BCUT2D eigenvalue weighted by Crippen LogP contribution is 2.52.